The molecule has 8 nitrogen and oxygen atoms in total. The lowest BCUT2D eigenvalue weighted by atomic mass is 10.2. The van der Waals surface area contributed by atoms with Crippen LogP contribution in [0.5, 0.6) is 0 Å². The van der Waals surface area contributed by atoms with Crippen molar-refractivity contribution in [3.05, 3.63) is 25.1 Å². The Morgan fingerprint density at radius 1 is 1.48 bits per heavy atom. The standard InChI is InChI=1S/C14H17Br2N5O3.ClH/c1-6(2)20-9-3-7(15)11(16)13(21(23)24)12(9)19-14(20)18-8-4-17-5-10(8)22;/h3,6,8,10,17,22H,4-5H2,1-2H3,(H,18,19);1H/t8-,10-;/m0./s1. The smallest absolute Gasteiger partial charge is 0.312 e. The number of aliphatic hydroxyl groups excluding tert-OH is 1. The second kappa shape index (κ2) is 7.75. The highest BCUT2D eigenvalue weighted by molar-refractivity contribution is 9.13. The van der Waals surface area contributed by atoms with Crippen LogP contribution in [0.15, 0.2) is 15.0 Å². The van der Waals surface area contributed by atoms with E-state index in [0.717, 1.165) is 0 Å². The van der Waals surface area contributed by atoms with E-state index in [0.29, 0.717) is 39.0 Å². The van der Waals surface area contributed by atoms with Gasteiger partial charge in [0, 0.05) is 23.6 Å². The molecule has 0 amide bonds. The molecule has 25 heavy (non-hydrogen) atoms. The van der Waals surface area contributed by atoms with Crippen molar-refractivity contribution in [1.82, 2.24) is 14.9 Å². The summed E-state index contributed by atoms with van der Waals surface area (Å²) in [7, 11) is 0. The average Bonchev–Trinajstić information content (AvgIpc) is 3.04. The summed E-state index contributed by atoms with van der Waals surface area (Å²) in [5.74, 6) is 0.515. The van der Waals surface area contributed by atoms with Crippen LogP contribution >= 0.6 is 44.3 Å². The highest BCUT2D eigenvalue weighted by atomic mass is 79.9. The number of aromatic nitrogens is 2. The third-order valence-electron chi connectivity index (χ3n) is 4.05. The first-order valence-electron chi connectivity index (χ1n) is 7.51. The number of β-amino-alcohol motifs (C(OH)–C–C–N with tert-alkyl or cyclic N) is 1. The highest BCUT2D eigenvalue weighted by Gasteiger charge is 2.30. The van der Waals surface area contributed by atoms with Crippen LogP contribution in [0.3, 0.4) is 0 Å². The molecule has 1 aliphatic heterocycles. The number of imidazole rings is 1. The van der Waals surface area contributed by atoms with Crippen molar-refractivity contribution in [1.29, 1.82) is 0 Å². The van der Waals surface area contributed by atoms with Gasteiger partial charge in [-0.15, -0.1) is 12.4 Å². The monoisotopic (exact) mass is 497 g/mol. The number of hydrogen-bond acceptors (Lipinski definition) is 6. The lowest BCUT2D eigenvalue weighted by Gasteiger charge is -2.19. The van der Waals surface area contributed by atoms with Gasteiger partial charge in [-0.25, -0.2) is 4.98 Å². The molecule has 11 heteroatoms. The zero-order valence-corrected chi connectivity index (χ0v) is 17.5. The van der Waals surface area contributed by atoms with Crippen molar-refractivity contribution in [3.8, 4) is 0 Å². The molecule has 2 heterocycles. The van der Waals surface area contributed by atoms with Gasteiger partial charge in [-0.1, -0.05) is 0 Å². The minimum Gasteiger partial charge on any atom is -0.390 e. The van der Waals surface area contributed by atoms with E-state index in [1.165, 1.54) is 0 Å². The average molecular weight is 500 g/mol. The van der Waals surface area contributed by atoms with Crippen LogP contribution in [0.1, 0.15) is 19.9 Å². The summed E-state index contributed by atoms with van der Waals surface area (Å²) < 4.78 is 2.87. The number of fused-ring (bicyclic) bond motifs is 1. The summed E-state index contributed by atoms with van der Waals surface area (Å²) in [5, 5.41) is 27.8. The number of aliphatic hydroxyl groups is 1. The van der Waals surface area contributed by atoms with Crippen molar-refractivity contribution in [2.45, 2.75) is 32.0 Å². The summed E-state index contributed by atoms with van der Waals surface area (Å²) in [6.45, 7) is 5.09. The highest BCUT2D eigenvalue weighted by Crippen LogP contribution is 2.40. The third-order valence-corrected chi connectivity index (χ3v) is 6.01. The first-order chi connectivity index (χ1) is 11.3. The number of nitrogens with zero attached hydrogens (tertiary/aromatic N) is 3. The zero-order chi connectivity index (χ0) is 17.6. The molecule has 1 saturated heterocycles. The lowest BCUT2D eigenvalue weighted by molar-refractivity contribution is -0.384. The molecule has 1 fully saturated rings. The van der Waals surface area contributed by atoms with Gasteiger partial charge in [0.25, 0.3) is 0 Å². The fourth-order valence-electron chi connectivity index (χ4n) is 2.93. The quantitative estimate of drug-likeness (QED) is 0.441. The van der Waals surface area contributed by atoms with Crippen molar-refractivity contribution in [2.75, 3.05) is 18.4 Å². The normalized spacial score (nSPS) is 20.1. The largest absolute Gasteiger partial charge is 0.390 e. The van der Waals surface area contributed by atoms with Gasteiger partial charge in [0.2, 0.25) is 5.95 Å². The SMILES string of the molecule is CC(C)n1c(N[C@H]2CNC[C@@H]2O)nc2c([N+](=O)[O-])c(Br)c(Br)cc21.Cl. The van der Waals surface area contributed by atoms with E-state index in [4.69, 9.17) is 0 Å². The Bertz CT molecular complexity index is 814. The molecule has 0 radical (unpaired) electrons. The maximum Gasteiger partial charge on any atom is 0.312 e. The van der Waals surface area contributed by atoms with E-state index in [-0.39, 0.29) is 30.2 Å². The maximum atomic E-state index is 11.5. The molecule has 1 aromatic heterocycles. The van der Waals surface area contributed by atoms with Crippen LogP contribution in [0.25, 0.3) is 11.0 Å². The number of nitro benzene ring substituents is 1. The molecule has 0 bridgehead atoms. The molecular formula is C14H18Br2ClN5O3. The van der Waals surface area contributed by atoms with Crippen molar-refractivity contribution in [2.24, 2.45) is 0 Å². The molecular weight excluding hydrogens is 481 g/mol. The van der Waals surface area contributed by atoms with E-state index >= 15 is 0 Å². The summed E-state index contributed by atoms with van der Waals surface area (Å²) in [6, 6.07) is 1.66. The molecule has 1 aromatic carbocycles. The number of nitrogens with one attached hydrogen (secondary N) is 2. The number of hydrogen-bond donors (Lipinski definition) is 3. The number of benzene rings is 1. The predicted octanol–water partition coefficient (Wildman–Crippen LogP) is 3.22. The van der Waals surface area contributed by atoms with E-state index in [9.17, 15) is 15.2 Å². The Hall–Kier alpha value is -0.940. The lowest BCUT2D eigenvalue weighted by Crippen LogP contribution is -2.33. The topological polar surface area (TPSA) is 105 Å². The predicted molar refractivity (Wildman–Crippen MR) is 106 cm³/mol. The van der Waals surface area contributed by atoms with Crippen LogP contribution in [0.4, 0.5) is 11.6 Å². The molecule has 2 atom stereocenters. The fraction of sp³-hybridized carbons (Fsp3) is 0.500. The van der Waals surface area contributed by atoms with Gasteiger partial charge in [-0.05, 0) is 51.8 Å². The van der Waals surface area contributed by atoms with E-state index in [1.54, 1.807) is 0 Å². The number of rotatable bonds is 4. The van der Waals surface area contributed by atoms with Crippen LogP contribution in [0.2, 0.25) is 0 Å². The van der Waals surface area contributed by atoms with Gasteiger partial charge in [0.05, 0.1) is 22.6 Å². The molecule has 0 unspecified atom stereocenters. The number of anilines is 1. The van der Waals surface area contributed by atoms with Gasteiger partial charge in [-0.3, -0.25) is 10.1 Å². The number of nitro groups is 1. The van der Waals surface area contributed by atoms with Crippen LogP contribution < -0.4 is 10.6 Å². The third kappa shape index (κ3) is 3.63. The van der Waals surface area contributed by atoms with E-state index in [1.807, 2.05) is 24.5 Å². The van der Waals surface area contributed by atoms with Gasteiger partial charge < -0.3 is 20.3 Å². The van der Waals surface area contributed by atoms with Crippen LogP contribution in [-0.4, -0.2) is 44.8 Å². The fourth-order valence-corrected chi connectivity index (χ4v) is 3.78. The van der Waals surface area contributed by atoms with Crippen molar-refractivity contribution < 1.29 is 10.0 Å². The number of halogens is 3. The van der Waals surface area contributed by atoms with Crippen molar-refractivity contribution in [3.63, 3.8) is 0 Å². The maximum absolute atomic E-state index is 11.5. The molecule has 3 N–H and O–H groups in total. The molecule has 2 aromatic rings. The molecule has 0 aliphatic carbocycles. The molecule has 138 valence electrons. The van der Waals surface area contributed by atoms with Crippen molar-refractivity contribution >= 4 is 66.9 Å². The molecule has 0 spiro atoms. The summed E-state index contributed by atoms with van der Waals surface area (Å²) in [4.78, 5) is 15.5. The van der Waals surface area contributed by atoms with Gasteiger partial charge in [0.1, 0.15) is 4.47 Å². The zero-order valence-electron chi connectivity index (χ0n) is 13.5. The first-order valence-corrected chi connectivity index (χ1v) is 9.09. The first kappa shape index (κ1) is 20.4. The Morgan fingerprint density at radius 2 is 2.16 bits per heavy atom. The van der Waals surface area contributed by atoms with Gasteiger partial charge >= 0.3 is 5.69 Å². The second-order valence-electron chi connectivity index (χ2n) is 6.02. The molecule has 0 saturated carbocycles. The Balaban J connectivity index is 0.00000225. The summed E-state index contributed by atoms with van der Waals surface area (Å²) in [5.41, 5.74) is 0.897. The summed E-state index contributed by atoms with van der Waals surface area (Å²) >= 11 is 6.63. The van der Waals surface area contributed by atoms with E-state index < -0.39 is 11.0 Å². The Labute approximate surface area is 167 Å². The minimum atomic E-state index is -0.529. The summed E-state index contributed by atoms with van der Waals surface area (Å²) in [6.07, 6.45) is -0.529. The van der Waals surface area contributed by atoms with Gasteiger partial charge in [-0.2, -0.15) is 0 Å². The van der Waals surface area contributed by atoms with Crippen LogP contribution in [-0.2, 0) is 0 Å². The Kier molecular flexibility index (Phi) is 6.31. The van der Waals surface area contributed by atoms with E-state index in [2.05, 4.69) is 47.5 Å². The Morgan fingerprint density at radius 3 is 2.68 bits per heavy atom. The molecule has 3 rings (SSSR count). The molecule has 1 aliphatic rings. The second-order valence-corrected chi connectivity index (χ2v) is 7.67. The van der Waals surface area contributed by atoms with Gasteiger partial charge in [0.15, 0.2) is 5.52 Å². The minimum absolute atomic E-state index is 0. The van der Waals surface area contributed by atoms with Crippen LogP contribution in [0, 0.1) is 10.1 Å².